The third kappa shape index (κ3) is 3.42. The van der Waals surface area contributed by atoms with Gasteiger partial charge in [0.1, 0.15) is 17.4 Å². The average Bonchev–Trinajstić information content (AvgIpc) is 3.13. The molecular formula is C21H24FN5O. The maximum atomic E-state index is 14.2. The number of anilines is 1. The Kier molecular flexibility index (Phi) is 4.60. The molecular weight excluding hydrogens is 357 g/mol. The fraction of sp³-hybridized carbons (Fsp3) is 0.429. The molecule has 7 heteroatoms. The van der Waals surface area contributed by atoms with Gasteiger partial charge < -0.3 is 10.1 Å². The molecule has 28 heavy (non-hydrogen) atoms. The molecule has 1 fully saturated rings. The van der Waals surface area contributed by atoms with E-state index < -0.39 is 0 Å². The number of piperidine rings is 1. The fourth-order valence-electron chi connectivity index (χ4n) is 4.24. The highest BCUT2D eigenvalue weighted by molar-refractivity contribution is 5.78. The summed E-state index contributed by atoms with van der Waals surface area (Å²) in [5.41, 5.74) is 2.22. The van der Waals surface area contributed by atoms with Gasteiger partial charge in [-0.25, -0.2) is 13.9 Å². The van der Waals surface area contributed by atoms with Crippen LogP contribution >= 0.6 is 0 Å². The van der Waals surface area contributed by atoms with Crippen LogP contribution in [0.25, 0.3) is 16.8 Å². The standard InChI is InChI=1S/C21H24FN5O/c22-16-10-15-11-18(12-16)28-9-3-7-26-6-2-1-4-17(26)13-23-20-5-8-27-21(25-20)19(15)14-24-27/h5,8,10-12,14,17H,1-4,6-7,9,13H2,(H,23,25). The highest BCUT2D eigenvalue weighted by atomic mass is 19.1. The first-order chi connectivity index (χ1) is 13.8. The third-order valence-electron chi connectivity index (χ3n) is 5.68. The summed E-state index contributed by atoms with van der Waals surface area (Å²) in [7, 11) is 0. The zero-order valence-corrected chi connectivity index (χ0v) is 15.8. The maximum absolute atomic E-state index is 14.2. The zero-order valence-electron chi connectivity index (χ0n) is 15.8. The predicted octanol–water partition coefficient (Wildman–Crippen LogP) is 3.58. The molecule has 1 saturated heterocycles. The minimum Gasteiger partial charge on any atom is -0.493 e. The minimum atomic E-state index is -0.318. The molecule has 0 spiro atoms. The Morgan fingerprint density at radius 3 is 3.04 bits per heavy atom. The van der Waals surface area contributed by atoms with Gasteiger partial charge in [0.25, 0.3) is 0 Å². The molecule has 146 valence electrons. The van der Waals surface area contributed by atoms with Crippen LogP contribution in [-0.2, 0) is 0 Å². The van der Waals surface area contributed by atoms with E-state index in [9.17, 15) is 4.39 Å². The maximum Gasteiger partial charge on any atom is 0.165 e. The van der Waals surface area contributed by atoms with Crippen molar-refractivity contribution in [3.8, 4) is 16.9 Å². The molecule has 1 atom stereocenters. The molecule has 0 radical (unpaired) electrons. The van der Waals surface area contributed by atoms with E-state index >= 15 is 0 Å². The van der Waals surface area contributed by atoms with E-state index in [1.807, 2.05) is 18.3 Å². The molecule has 1 unspecified atom stereocenters. The Hall–Kier alpha value is -2.67. The van der Waals surface area contributed by atoms with Crippen molar-refractivity contribution in [3.05, 3.63) is 42.5 Å². The minimum absolute atomic E-state index is 0.318. The summed E-state index contributed by atoms with van der Waals surface area (Å²) in [5, 5.41) is 7.88. The lowest BCUT2D eigenvalue weighted by Crippen LogP contribution is -2.44. The van der Waals surface area contributed by atoms with E-state index in [2.05, 4.69) is 15.3 Å². The molecule has 0 aliphatic carbocycles. The van der Waals surface area contributed by atoms with Gasteiger partial charge in [-0.05, 0) is 49.6 Å². The second-order valence-electron chi connectivity index (χ2n) is 7.58. The normalized spacial score (nSPS) is 20.7. The van der Waals surface area contributed by atoms with Gasteiger partial charge in [-0.2, -0.15) is 5.10 Å². The second-order valence-corrected chi connectivity index (χ2v) is 7.58. The van der Waals surface area contributed by atoms with Gasteiger partial charge in [0.2, 0.25) is 0 Å². The van der Waals surface area contributed by atoms with Crippen LogP contribution in [0.3, 0.4) is 0 Å². The highest BCUT2D eigenvalue weighted by Crippen LogP contribution is 2.29. The van der Waals surface area contributed by atoms with Crippen molar-refractivity contribution in [2.45, 2.75) is 31.7 Å². The van der Waals surface area contributed by atoms with Gasteiger partial charge in [0, 0.05) is 37.0 Å². The van der Waals surface area contributed by atoms with E-state index in [1.54, 1.807) is 10.7 Å². The Balaban J connectivity index is 1.55. The zero-order chi connectivity index (χ0) is 18.9. The van der Waals surface area contributed by atoms with Crippen molar-refractivity contribution in [1.29, 1.82) is 0 Å². The molecule has 3 aromatic rings. The molecule has 4 bridgehead atoms. The molecule has 0 amide bonds. The largest absolute Gasteiger partial charge is 0.493 e. The van der Waals surface area contributed by atoms with Crippen LogP contribution in [0.1, 0.15) is 25.7 Å². The summed E-state index contributed by atoms with van der Waals surface area (Å²) >= 11 is 0. The number of nitrogens with one attached hydrogen (secondary N) is 1. The first-order valence-corrected chi connectivity index (χ1v) is 10.0. The Morgan fingerprint density at radius 1 is 1.14 bits per heavy atom. The summed E-state index contributed by atoms with van der Waals surface area (Å²) in [6.45, 7) is 3.56. The van der Waals surface area contributed by atoms with Crippen molar-refractivity contribution in [2.75, 3.05) is 31.6 Å². The Bertz CT molecular complexity index is 988. The van der Waals surface area contributed by atoms with Gasteiger partial charge in [-0.3, -0.25) is 4.90 Å². The fourth-order valence-corrected chi connectivity index (χ4v) is 4.24. The van der Waals surface area contributed by atoms with Gasteiger partial charge >= 0.3 is 0 Å². The van der Waals surface area contributed by atoms with E-state index in [4.69, 9.17) is 9.72 Å². The summed E-state index contributed by atoms with van der Waals surface area (Å²) in [5.74, 6) is 1.05. The molecule has 0 saturated carbocycles. The number of hydrogen-bond acceptors (Lipinski definition) is 5. The second kappa shape index (κ2) is 7.39. The summed E-state index contributed by atoms with van der Waals surface area (Å²) < 4.78 is 21.8. The topological polar surface area (TPSA) is 54.7 Å². The number of ether oxygens (including phenoxy) is 1. The summed E-state index contributed by atoms with van der Waals surface area (Å²) in [6.07, 6.45) is 8.25. The molecule has 5 rings (SSSR count). The van der Waals surface area contributed by atoms with Crippen molar-refractivity contribution in [1.82, 2.24) is 19.5 Å². The molecule has 2 aliphatic heterocycles. The predicted molar refractivity (Wildman–Crippen MR) is 106 cm³/mol. The highest BCUT2D eigenvalue weighted by Gasteiger charge is 2.22. The molecule has 6 nitrogen and oxygen atoms in total. The quantitative estimate of drug-likeness (QED) is 0.645. The van der Waals surface area contributed by atoms with Gasteiger partial charge in [0.15, 0.2) is 5.65 Å². The van der Waals surface area contributed by atoms with E-state index in [-0.39, 0.29) is 5.82 Å². The summed E-state index contributed by atoms with van der Waals surface area (Å²) in [4.78, 5) is 7.30. The van der Waals surface area contributed by atoms with Crippen LogP contribution < -0.4 is 10.1 Å². The third-order valence-corrected chi connectivity index (χ3v) is 5.68. The van der Waals surface area contributed by atoms with Crippen LogP contribution in [0.5, 0.6) is 5.75 Å². The molecule has 2 aromatic heterocycles. The van der Waals surface area contributed by atoms with Crippen LogP contribution in [0.15, 0.2) is 36.7 Å². The van der Waals surface area contributed by atoms with E-state index in [0.717, 1.165) is 43.0 Å². The average molecular weight is 381 g/mol. The Morgan fingerprint density at radius 2 is 2.07 bits per heavy atom. The number of benzene rings is 1. The molecule has 2 aliphatic rings. The number of halogens is 1. The van der Waals surface area contributed by atoms with Gasteiger partial charge in [-0.15, -0.1) is 0 Å². The van der Waals surface area contributed by atoms with Crippen LogP contribution in [0, 0.1) is 5.82 Å². The number of aromatic nitrogens is 3. The smallest absolute Gasteiger partial charge is 0.165 e. The number of hydrogen-bond donors (Lipinski definition) is 1. The monoisotopic (exact) mass is 381 g/mol. The number of fused-ring (bicyclic) bond motifs is 5. The number of nitrogens with zero attached hydrogens (tertiary/aromatic N) is 4. The van der Waals surface area contributed by atoms with Crippen molar-refractivity contribution < 1.29 is 9.13 Å². The van der Waals surface area contributed by atoms with E-state index in [0.29, 0.717) is 24.0 Å². The lowest BCUT2D eigenvalue weighted by molar-refractivity contribution is 0.144. The van der Waals surface area contributed by atoms with Gasteiger partial charge in [-0.1, -0.05) is 6.42 Å². The van der Waals surface area contributed by atoms with Crippen LogP contribution in [0.2, 0.25) is 0 Å². The molecule has 1 N–H and O–H groups in total. The number of rotatable bonds is 0. The van der Waals surface area contributed by atoms with Crippen molar-refractivity contribution >= 4 is 11.5 Å². The van der Waals surface area contributed by atoms with Crippen molar-refractivity contribution in [2.24, 2.45) is 0 Å². The van der Waals surface area contributed by atoms with Crippen molar-refractivity contribution in [3.63, 3.8) is 0 Å². The van der Waals surface area contributed by atoms with E-state index in [1.165, 1.54) is 31.4 Å². The first kappa shape index (κ1) is 17.4. The lowest BCUT2D eigenvalue weighted by atomic mass is 10.0. The first-order valence-electron chi connectivity index (χ1n) is 10.0. The summed E-state index contributed by atoms with van der Waals surface area (Å²) in [6, 6.07) is 7.25. The SMILES string of the molecule is Fc1cc2cc(c1)-c1cnn3ccc(nc13)NCC1CCCCN1CCCO2. The van der Waals surface area contributed by atoms with Crippen LogP contribution in [-0.4, -0.2) is 51.8 Å². The molecule has 1 aromatic carbocycles. The van der Waals surface area contributed by atoms with Crippen LogP contribution in [0.4, 0.5) is 10.2 Å². The lowest BCUT2D eigenvalue weighted by Gasteiger charge is -2.36. The van der Waals surface area contributed by atoms with Gasteiger partial charge in [0.05, 0.1) is 12.8 Å². The Labute approximate surface area is 163 Å². The molecule has 4 heterocycles.